The Balaban J connectivity index is 1.79. The molecule has 1 heterocycles. The van der Waals surface area contributed by atoms with Crippen molar-refractivity contribution in [1.29, 1.82) is 0 Å². The largest absolute Gasteiger partial charge is 0.477 e. The molecule has 0 fully saturated rings. The van der Waals surface area contributed by atoms with Crippen LogP contribution in [0.2, 0.25) is 0 Å². The Morgan fingerprint density at radius 2 is 1.92 bits per heavy atom. The second-order valence-electron chi connectivity index (χ2n) is 5.55. The van der Waals surface area contributed by atoms with Crippen molar-refractivity contribution in [1.82, 2.24) is 15.0 Å². The van der Waals surface area contributed by atoms with Gasteiger partial charge < -0.3 is 10.1 Å². The highest BCUT2D eigenvalue weighted by molar-refractivity contribution is 7.89. The molecule has 0 aliphatic rings. The summed E-state index contributed by atoms with van der Waals surface area (Å²) < 4.78 is 32.1. The predicted octanol–water partition coefficient (Wildman–Crippen LogP) is 1.86. The number of carbonyl (C=O) groups excluding carboxylic acids is 1. The van der Waals surface area contributed by atoms with Gasteiger partial charge in [0.25, 0.3) is 0 Å². The van der Waals surface area contributed by atoms with Crippen molar-refractivity contribution in [2.24, 2.45) is 0 Å². The van der Waals surface area contributed by atoms with Crippen molar-refractivity contribution in [3.63, 3.8) is 0 Å². The van der Waals surface area contributed by atoms with Gasteiger partial charge in [0.2, 0.25) is 21.8 Å². The van der Waals surface area contributed by atoms with E-state index >= 15 is 0 Å². The molecule has 8 heteroatoms. The minimum Gasteiger partial charge on any atom is -0.477 e. The van der Waals surface area contributed by atoms with E-state index in [1.54, 1.807) is 30.5 Å². The third-order valence-corrected chi connectivity index (χ3v) is 4.94. The van der Waals surface area contributed by atoms with Crippen molar-refractivity contribution in [3.8, 4) is 5.88 Å². The van der Waals surface area contributed by atoms with Crippen molar-refractivity contribution < 1.29 is 17.9 Å². The summed E-state index contributed by atoms with van der Waals surface area (Å²) in [5, 5.41) is 2.75. The molecule has 0 saturated heterocycles. The van der Waals surface area contributed by atoms with Gasteiger partial charge in [-0.05, 0) is 24.6 Å². The van der Waals surface area contributed by atoms with E-state index < -0.39 is 10.0 Å². The highest BCUT2D eigenvalue weighted by Gasteiger charge is 2.13. The molecule has 0 saturated carbocycles. The number of pyridine rings is 1. The Hall–Kier alpha value is -2.45. The molecule has 26 heavy (non-hydrogen) atoms. The standard InChI is InChI=1S/C18H23N3O4S/c1-2-13-25-18-15(7-6-11-19-18)14-20-17(22)10-12-21-26(23,24)16-8-4-3-5-9-16/h3-9,11,21H,2,10,12-14H2,1H3,(H,20,22). The lowest BCUT2D eigenvalue weighted by Crippen LogP contribution is -2.30. The molecule has 0 unspecified atom stereocenters. The molecule has 0 atom stereocenters. The molecule has 2 aromatic rings. The fourth-order valence-electron chi connectivity index (χ4n) is 2.15. The van der Waals surface area contributed by atoms with Crippen LogP contribution in [0.3, 0.4) is 0 Å². The van der Waals surface area contributed by atoms with Crippen LogP contribution in [0.25, 0.3) is 0 Å². The van der Waals surface area contributed by atoms with Crippen molar-refractivity contribution in [3.05, 3.63) is 54.2 Å². The van der Waals surface area contributed by atoms with Crippen molar-refractivity contribution >= 4 is 15.9 Å². The summed E-state index contributed by atoms with van der Waals surface area (Å²) in [6.07, 6.45) is 2.54. The third-order valence-electron chi connectivity index (χ3n) is 3.47. The van der Waals surface area contributed by atoms with E-state index in [0.29, 0.717) is 12.5 Å². The molecule has 2 rings (SSSR count). The highest BCUT2D eigenvalue weighted by atomic mass is 32.2. The molecule has 140 valence electrons. The maximum atomic E-state index is 12.1. The number of hydrogen-bond acceptors (Lipinski definition) is 5. The first kappa shape index (κ1) is 19.9. The minimum absolute atomic E-state index is 0.0231. The Labute approximate surface area is 153 Å². The van der Waals surface area contributed by atoms with Gasteiger partial charge in [0.15, 0.2) is 0 Å². The Bertz CT molecular complexity index is 810. The van der Waals surface area contributed by atoms with Gasteiger partial charge in [-0.2, -0.15) is 0 Å². The summed E-state index contributed by atoms with van der Waals surface area (Å²) in [4.78, 5) is 16.3. The van der Waals surface area contributed by atoms with Crippen LogP contribution in [-0.2, 0) is 21.4 Å². The molecule has 0 aliphatic carbocycles. The number of sulfonamides is 1. The van der Waals surface area contributed by atoms with Crippen LogP contribution in [0.5, 0.6) is 5.88 Å². The van der Waals surface area contributed by atoms with Crippen LogP contribution in [0, 0.1) is 0 Å². The van der Waals surface area contributed by atoms with E-state index in [0.717, 1.165) is 12.0 Å². The molecule has 0 radical (unpaired) electrons. The third kappa shape index (κ3) is 6.12. The Morgan fingerprint density at radius 1 is 1.15 bits per heavy atom. The van der Waals surface area contributed by atoms with Crippen LogP contribution in [-0.4, -0.2) is 32.5 Å². The first-order valence-electron chi connectivity index (χ1n) is 8.41. The van der Waals surface area contributed by atoms with E-state index in [4.69, 9.17) is 4.74 Å². The number of benzene rings is 1. The predicted molar refractivity (Wildman–Crippen MR) is 98.1 cm³/mol. The number of nitrogens with zero attached hydrogens (tertiary/aromatic N) is 1. The van der Waals surface area contributed by atoms with Gasteiger partial charge in [-0.15, -0.1) is 0 Å². The fraction of sp³-hybridized carbons (Fsp3) is 0.333. The normalized spacial score (nSPS) is 11.1. The molecular formula is C18H23N3O4S. The van der Waals surface area contributed by atoms with E-state index in [1.165, 1.54) is 12.1 Å². The lowest BCUT2D eigenvalue weighted by atomic mass is 10.2. The minimum atomic E-state index is -3.60. The summed E-state index contributed by atoms with van der Waals surface area (Å²) in [6.45, 7) is 2.85. The smallest absolute Gasteiger partial charge is 0.240 e. The number of rotatable bonds is 10. The van der Waals surface area contributed by atoms with Crippen LogP contribution < -0.4 is 14.8 Å². The van der Waals surface area contributed by atoms with E-state index in [-0.39, 0.29) is 30.3 Å². The topological polar surface area (TPSA) is 97.4 Å². The zero-order chi connectivity index (χ0) is 18.8. The van der Waals surface area contributed by atoms with Gasteiger partial charge in [-0.25, -0.2) is 18.1 Å². The lowest BCUT2D eigenvalue weighted by Gasteiger charge is -2.11. The maximum absolute atomic E-state index is 12.1. The van der Waals surface area contributed by atoms with Gasteiger partial charge in [-0.3, -0.25) is 4.79 Å². The number of carbonyl (C=O) groups is 1. The SMILES string of the molecule is CCCOc1ncccc1CNC(=O)CCNS(=O)(=O)c1ccccc1. The number of aromatic nitrogens is 1. The van der Waals surface area contributed by atoms with Gasteiger partial charge >= 0.3 is 0 Å². The highest BCUT2D eigenvalue weighted by Crippen LogP contribution is 2.14. The second kappa shape index (κ2) is 9.88. The molecule has 1 amide bonds. The quantitative estimate of drug-likeness (QED) is 0.659. The van der Waals surface area contributed by atoms with E-state index in [1.807, 2.05) is 13.0 Å². The van der Waals surface area contributed by atoms with Crippen LogP contribution in [0.1, 0.15) is 25.3 Å². The zero-order valence-electron chi connectivity index (χ0n) is 14.6. The summed E-state index contributed by atoms with van der Waals surface area (Å²) >= 11 is 0. The number of ether oxygens (including phenoxy) is 1. The van der Waals surface area contributed by atoms with Gasteiger partial charge in [0, 0.05) is 31.3 Å². The molecule has 2 N–H and O–H groups in total. The molecule has 1 aromatic heterocycles. The lowest BCUT2D eigenvalue weighted by molar-refractivity contribution is -0.121. The Kier molecular flexibility index (Phi) is 7.55. The molecule has 1 aromatic carbocycles. The van der Waals surface area contributed by atoms with Crippen LogP contribution >= 0.6 is 0 Å². The average molecular weight is 377 g/mol. The number of nitrogens with one attached hydrogen (secondary N) is 2. The van der Waals surface area contributed by atoms with E-state index in [2.05, 4.69) is 15.0 Å². The van der Waals surface area contributed by atoms with Gasteiger partial charge in [0.05, 0.1) is 11.5 Å². The summed E-state index contributed by atoms with van der Waals surface area (Å²) in [7, 11) is -3.60. The molecular weight excluding hydrogens is 354 g/mol. The summed E-state index contributed by atoms with van der Waals surface area (Å²) in [5.41, 5.74) is 0.777. The molecule has 0 spiro atoms. The number of amides is 1. The second-order valence-corrected chi connectivity index (χ2v) is 7.32. The fourth-order valence-corrected chi connectivity index (χ4v) is 3.20. The first-order valence-corrected chi connectivity index (χ1v) is 9.89. The zero-order valence-corrected chi connectivity index (χ0v) is 15.5. The molecule has 7 nitrogen and oxygen atoms in total. The van der Waals surface area contributed by atoms with Gasteiger partial charge in [-0.1, -0.05) is 31.2 Å². The summed E-state index contributed by atoms with van der Waals surface area (Å²) in [5.74, 6) is 0.241. The Morgan fingerprint density at radius 3 is 2.65 bits per heavy atom. The van der Waals surface area contributed by atoms with E-state index in [9.17, 15) is 13.2 Å². The first-order chi connectivity index (χ1) is 12.5. The van der Waals surface area contributed by atoms with Gasteiger partial charge in [0.1, 0.15) is 0 Å². The molecule has 0 bridgehead atoms. The summed E-state index contributed by atoms with van der Waals surface area (Å²) in [6, 6.07) is 11.6. The average Bonchev–Trinajstić information content (AvgIpc) is 2.66. The van der Waals surface area contributed by atoms with Crippen LogP contribution in [0.15, 0.2) is 53.6 Å². The van der Waals surface area contributed by atoms with Crippen molar-refractivity contribution in [2.75, 3.05) is 13.2 Å². The molecule has 0 aliphatic heterocycles. The van der Waals surface area contributed by atoms with Crippen LogP contribution in [0.4, 0.5) is 0 Å². The monoisotopic (exact) mass is 377 g/mol. The maximum Gasteiger partial charge on any atom is 0.240 e. The van der Waals surface area contributed by atoms with Crippen molar-refractivity contribution in [2.45, 2.75) is 31.2 Å². The number of hydrogen-bond donors (Lipinski definition) is 2.